The summed E-state index contributed by atoms with van der Waals surface area (Å²) in [6, 6.07) is 8.66. The lowest BCUT2D eigenvalue weighted by Gasteiger charge is -2.39. The Bertz CT molecular complexity index is 599. The third-order valence-corrected chi connectivity index (χ3v) is 6.01. The summed E-state index contributed by atoms with van der Waals surface area (Å²) in [6.45, 7) is 11.0. The molecule has 0 bridgehead atoms. The molecule has 2 aliphatic heterocycles. The van der Waals surface area contributed by atoms with Crippen LogP contribution in [0.3, 0.4) is 0 Å². The molecule has 3 rings (SSSR count). The van der Waals surface area contributed by atoms with Gasteiger partial charge in [-0.3, -0.25) is 4.99 Å². The van der Waals surface area contributed by atoms with Crippen molar-refractivity contribution in [2.45, 2.75) is 25.1 Å². The minimum absolute atomic E-state index is 0.279. The molecule has 0 unspecified atom stereocenters. The Morgan fingerprint density at radius 3 is 2.72 bits per heavy atom. The Hall–Kier alpha value is -1.40. The molecule has 25 heavy (non-hydrogen) atoms. The van der Waals surface area contributed by atoms with Gasteiger partial charge in [0, 0.05) is 56.0 Å². The van der Waals surface area contributed by atoms with Crippen LogP contribution in [-0.4, -0.2) is 67.8 Å². The Kier molecular flexibility index (Phi) is 6.12. The van der Waals surface area contributed by atoms with Gasteiger partial charge in [0.25, 0.3) is 0 Å². The number of para-hydroxylation sites is 1. The van der Waals surface area contributed by atoms with E-state index in [1.165, 1.54) is 11.3 Å². The van der Waals surface area contributed by atoms with Gasteiger partial charge >= 0.3 is 0 Å². The number of nitrogens with zero attached hydrogens (tertiary/aromatic N) is 3. The zero-order chi connectivity index (χ0) is 17.7. The fraction of sp³-hybridized carbons (Fsp3) is 0.632. The summed E-state index contributed by atoms with van der Waals surface area (Å²) in [5.74, 6) is 2.16. The fourth-order valence-corrected chi connectivity index (χ4v) is 4.59. The quantitative estimate of drug-likeness (QED) is 0.661. The zero-order valence-corrected chi connectivity index (χ0v) is 16.4. The molecule has 0 saturated carbocycles. The average Bonchev–Trinajstić information content (AvgIpc) is 2.62. The molecule has 0 atom stereocenters. The van der Waals surface area contributed by atoms with Crippen LogP contribution in [0.1, 0.15) is 19.4 Å². The predicted molar refractivity (Wildman–Crippen MR) is 108 cm³/mol. The van der Waals surface area contributed by atoms with Gasteiger partial charge in [0.2, 0.25) is 0 Å². The van der Waals surface area contributed by atoms with E-state index in [2.05, 4.69) is 58.2 Å². The van der Waals surface area contributed by atoms with Crippen LogP contribution in [0.25, 0.3) is 0 Å². The molecule has 0 amide bonds. The SMILES string of the molecule is CN=C(NCc1ccccc1N1CCOCC1)N1CCSC(C)(C)C1. The molecule has 0 aromatic heterocycles. The molecular formula is C19H30N4OS. The standard InChI is InChI=1S/C19H30N4OS/c1-19(2)15-23(10-13-25-19)18(20-3)21-14-16-6-4-5-7-17(16)22-8-11-24-12-9-22/h4-7H,8-15H2,1-3H3,(H,20,21). The highest BCUT2D eigenvalue weighted by molar-refractivity contribution is 8.00. The average molecular weight is 363 g/mol. The molecule has 2 aliphatic rings. The number of aliphatic imine (C=N–C) groups is 1. The highest BCUT2D eigenvalue weighted by Gasteiger charge is 2.28. The second kappa shape index (κ2) is 8.32. The van der Waals surface area contributed by atoms with Crippen molar-refractivity contribution in [3.63, 3.8) is 0 Å². The van der Waals surface area contributed by atoms with Gasteiger partial charge in [-0.1, -0.05) is 18.2 Å². The smallest absolute Gasteiger partial charge is 0.193 e. The molecule has 2 heterocycles. The molecule has 0 spiro atoms. The first-order chi connectivity index (χ1) is 12.1. The van der Waals surface area contributed by atoms with Gasteiger partial charge in [0.15, 0.2) is 5.96 Å². The molecule has 2 fully saturated rings. The number of anilines is 1. The Labute approximate surface area is 155 Å². The number of rotatable bonds is 3. The van der Waals surface area contributed by atoms with Crippen LogP contribution in [0.5, 0.6) is 0 Å². The minimum atomic E-state index is 0.279. The van der Waals surface area contributed by atoms with Gasteiger partial charge < -0.3 is 19.9 Å². The molecular weight excluding hydrogens is 332 g/mol. The highest BCUT2D eigenvalue weighted by Crippen LogP contribution is 2.29. The van der Waals surface area contributed by atoms with Crippen LogP contribution in [0.4, 0.5) is 5.69 Å². The third kappa shape index (κ3) is 4.82. The van der Waals surface area contributed by atoms with Crippen LogP contribution in [0, 0.1) is 0 Å². The molecule has 1 aromatic rings. The molecule has 6 heteroatoms. The van der Waals surface area contributed by atoms with Crippen LogP contribution < -0.4 is 10.2 Å². The maximum absolute atomic E-state index is 5.49. The lowest BCUT2D eigenvalue weighted by atomic mass is 10.1. The van der Waals surface area contributed by atoms with Crippen molar-refractivity contribution < 1.29 is 4.74 Å². The number of thioether (sulfide) groups is 1. The maximum Gasteiger partial charge on any atom is 0.193 e. The molecule has 5 nitrogen and oxygen atoms in total. The minimum Gasteiger partial charge on any atom is -0.378 e. The summed E-state index contributed by atoms with van der Waals surface area (Å²) < 4.78 is 5.77. The zero-order valence-electron chi connectivity index (χ0n) is 15.6. The Morgan fingerprint density at radius 2 is 2.00 bits per heavy atom. The first-order valence-corrected chi connectivity index (χ1v) is 10.1. The summed E-state index contributed by atoms with van der Waals surface area (Å²) in [5.41, 5.74) is 2.62. The molecule has 0 aliphatic carbocycles. The van der Waals surface area contributed by atoms with E-state index in [1.54, 1.807) is 0 Å². The van der Waals surface area contributed by atoms with Crippen LogP contribution in [0.2, 0.25) is 0 Å². The van der Waals surface area contributed by atoms with Crippen molar-refractivity contribution in [2.24, 2.45) is 4.99 Å². The van der Waals surface area contributed by atoms with Crippen LogP contribution in [-0.2, 0) is 11.3 Å². The van der Waals surface area contributed by atoms with E-state index in [0.717, 1.165) is 57.6 Å². The monoisotopic (exact) mass is 362 g/mol. The largest absolute Gasteiger partial charge is 0.378 e. The number of morpholine rings is 1. The maximum atomic E-state index is 5.49. The first kappa shape index (κ1) is 18.4. The van der Waals surface area contributed by atoms with Crippen LogP contribution in [0.15, 0.2) is 29.3 Å². The normalized spacial score (nSPS) is 21.3. The van der Waals surface area contributed by atoms with Crippen molar-refractivity contribution in [1.82, 2.24) is 10.2 Å². The lowest BCUT2D eigenvalue weighted by molar-refractivity contribution is 0.122. The molecule has 0 radical (unpaired) electrons. The van der Waals surface area contributed by atoms with E-state index < -0.39 is 0 Å². The van der Waals surface area contributed by atoms with E-state index in [-0.39, 0.29) is 4.75 Å². The van der Waals surface area contributed by atoms with E-state index in [4.69, 9.17) is 4.74 Å². The van der Waals surface area contributed by atoms with Crippen molar-refractivity contribution in [3.05, 3.63) is 29.8 Å². The van der Waals surface area contributed by atoms with Gasteiger partial charge in [-0.2, -0.15) is 11.8 Å². The van der Waals surface area contributed by atoms with Crippen molar-refractivity contribution in [1.29, 1.82) is 0 Å². The summed E-state index contributed by atoms with van der Waals surface area (Å²) in [7, 11) is 1.88. The first-order valence-electron chi connectivity index (χ1n) is 9.09. The van der Waals surface area contributed by atoms with E-state index >= 15 is 0 Å². The van der Waals surface area contributed by atoms with E-state index in [1.807, 2.05) is 18.8 Å². The van der Waals surface area contributed by atoms with Crippen molar-refractivity contribution in [2.75, 3.05) is 57.1 Å². The number of hydrogen-bond donors (Lipinski definition) is 1. The van der Waals surface area contributed by atoms with Crippen LogP contribution >= 0.6 is 11.8 Å². The number of ether oxygens (including phenoxy) is 1. The molecule has 1 N–H and O–H groups in total. The molecule has 2 saturated heterocycles. The number of benzene rings is 1. The second-order valence-electron chi connectivity index (χ2n) is 7.16. The summed E-state index contributed by atoms with van der Waals surface area (Å²) in [5, 5.41) is 3.58. The molecule has 1 aromatic carbocycles. The van der Waals surface area contributed by atoms with E-state index in [9.17, 15) is 0 Å². The highest BCUT2D eigenvalue weighted by atomic mass is 32.2. The van der Waals surface area contributed by atoms with Gasteiger partial charge in [-0.25, -0.2) is 0 Å². The second-order valence-corrected chi connectivity index (χ2v) is 8.96. The lowest BCUT2D eigenvalue weighted by Crippen LogP contribution is -2.50. The van der Waals surface area contributed by atoms with Gasteiger partial charge in [-0.05, 0) is 25.5 Å². The Morgan fingerprint density at radius 1 is 1.24 bits per heavy atom. The molecule has 138 valence electrons. The van der Waals surface area contributed by atoms with Gasteiger partial charge in [0.1, 0.15) is 0 Å². The fourth-order valence-electron chi connectivity index (χ4n) is 3.48. The van der Waals surface area contributed by atoms with E-state index in [0.29, 0.717) is 0 Å². The third-order valence-electron chi connectivity index (χ3n) is 4.72. The van der Waals surface area contributed by atoms with Gasteiger partial charge in [-0.15, -0.1) is 0 Å². The summed E-state index contributed by atoms with van der Waals surface area (Å²) in [6.07, 6.45) is 0. The van der Waals surface area contributed by atoms with Gasteiger partial charge in [0.05, 0.1) is 13.2 Å². The number of guanidine groups is 1. The summed E-state index contributed by atoms with van der Waals surface area (Å²) in [4.78, 5) is 9.33. The Balaban J connectivity index is 1.66. The van der Waals surface area contributed by atoms with Crippen molar-refractivity contribution >= 4 is 23.4 Å². The van der Waals surface area contributed by atoms with Crippen molar-refractivity contribution in [3.8, 4) is 0 Å². The summed E-state index contributed by atoms with van der Waals surface area (Å²) >= 11 is 2.04. The number of hydrogen-bond acceptors (Lipinski definition) is 4. The number of nitrogens with one attached hydrogen (secondary N) is 1. The topological polar surface area (TPSA) is 40.1 Å². The predicted octanol–water partition coefficient (Wildman–Crippen LogP) is 2.43.